The molecule has 6 rings (SSSR count). The topological polar surface area (TPSA) is 73.9 Å². The number of hydrogen-bond donors (Lipinski definition) is 1. The smallest absolute Gasteiger partial charge is 0.250 e. The highest BCUT2D eigenvalue weighted by molar-refractivity contribution is 5.30. The van der Waals surface area contributed by atoms with E-state index in [2.05, 4.69) is 45.0 Å². The van der Waals surface area contributed by atoms with Gasteiger partial charge in [0.2, 0.25) is 5.43 Å². The minimum Gasteiger partial charge on any atom is -0.503 e. The van der Waals surface area contributed by atoms with Crippen molar-refractivity contribution in [3.8, 4) is 5.75 Å². The molecule has 0 radical (unpaired) electrons. The lowest BCUT2D eigenvalue weighted by Gasteiger charge is -2.43. The molecule has 0 aliphatic carbocycles. The van der Waals surface area contributed by atoms with Crippen LogP contribution in [0.25, 0.3) is 0 Å². The quantitative estimate of drug-likeness (QED) is 0.543. The molecular weight excluding hydrogens is 478 g/mol. The third kappa shape index (κ3) is 5.08. The molecule has 0 spiro atoms. The SMILES string of the molecule is Cn1c(CN2CC3CC(C2)c2cccc(=O)n2C3)cc(=O)c(O)c1CN1CCN(Cc2ccccc2)CC1. The number of aromatic nitrogens is 2. The van der Waals surface area contributed by atoms with E-state index in [-0.39, 0.29) is 16.7 Å². The van der Waals surface area contributed by atoms with Gasteiger partial charge in [0.05, 0.1) is 5.69 Å². The number of pyridine rings is 2. The molecule has 3 aromatic rings. The van der Waals surface area contributed by atoms with Gasteiger partial charge in [0.25, 0.3) is 5.56 Å². The molecule has 200 valence electrons. The van der Waals surface area contributed by atoms with E-state index >= 15 is 0 Å². The largest absolute Gasteiger partial charge is 0.503 e. The van der Waals surface area contributed by atoms with Gasteiger partial charge in [0.1, 0.15) is 0 Å². The zero-order valence-electron chi connectivity index (χ0n) is 22.1. The van der Waals surface area contributed by atoms with Gasteiger partial charge in [-0.25, -0.2) is 0 Å². The zero-order valence-corrected chi connectivity index (χ0v) is 22.1. The summed E-state index contributed by atoms with van der Waals surface area (Å²) in [7, 11) is 1.97. The fourth-order valence-electron chi connectivity index (χ4n) is 6.64. The summed E-state index contributed by atoms with van der Waals surface area (Å²) in [5.41, 5.74) is 3.87. The van der Waals surface area contributed by atoms with Gasteiger partial charge in [-0.3, -0.25) is 24.3 Å². The number of piperazine rings is 1. The fourth-order valence-corrected chi connectivity index (χ4v) is 6.64. The Hall–Kier alpha value is -3.20. The van der Waals surface area contributed by atoms with Gasteiger partial charge in [-0.1, -0.05) is 36.4 Å². The highest BCUT2D eigenvalue weighted by Gasteiger charge is 2.34. The predicted octanol–water partition coefficient (Wildman–Crippen LogP) is 2.19. The van der Waals surface area contributed by atoms with Crippen molar-refractivity contribution in [3.05, 3.63) is 97.8 Å². The van der Waals surface area contributed by atoms with Gasteiger partial charge in [-0.2, -0.15) is 0 Å². The number of piperidine rings is 1. The Kier molecular flexibility index (Phi) is 6.95. The van der Waals surface area contributed by atoms with Gasteiger partial charge in [-0.15, -0.1) is 0 Å². The first-order chi connectivity index (χ1) is 18.4. The Morgan fingerprint density at radius 3 is 2.32 bits per heavy atom. The van der Waals surface area contributed by atoms with Crippen molar-refractivity contribution in [3.63, 3.8) is 0 Å². The fraction of sp³-hybridized carbons (Fsp3) is 0.467. The first kappa shape index (κ1) is 25.1. The lowest BCUT2D eigenvalue weighted by atomic mass is 9.83. The summed E-state index contributed by atoms with van der Waals surface area (Å²) in [6.45, 7) is 8.44. The minimum atomic E-state index is -0.301. The molecule has 1 N–H and O–H groups in total. The van der Waals surface area contributed by atoms with Crippen LogP contribution in [0.2, 0.25) is 0 Å². The van der Waals surface area contributed by atoms with Gasteiger partial charge >= 0.3 is 0 Å². The second-order valence-electron chi connectivity index (χ2n) is 11.3. The maximum atomic E-state index is 12.8. The summed E-state index contributed by atoms with van der Waals surface area (Å²) in [4.78, 5) is 32.4. The summed E-state index contributed by atoms with van der Waals surface area (Å²) in [5.74, 6) is 0.631. The molecule has 3 aliphatic rings. The normalized spacial score (nSPS) is 22.3. The Morgan fingerprint density at radius 1 is 0.816 bits per heavy atom. The molecule has 1 aromatic carbocycles. The second-order valence-corrected chi connectivity index (χ2v) is 11.3. The number of likely N-dealkylation sites (tertiary alicyclic amines) is 1. The highest BCUT2D eigenvalue weighted by atomic mass is 16.3. The van der Waals surface area contributed by atoms with Gasteiger partial charge < -0.3 is 14.2 Å². The van der Waals surface area contributed by atoms with E-state index in [4.69, 9.17) is 0 Å². The highest BCUT2D eigenvalue weighted by Crippen LogP contribution is 2.35. The van der Waals surface area contributed by atoms with Crippen LogP contribution in [-0.4, -0.2) is 68.2 Å². The van der Waals surface area contributed by atoms with E-state index in [1.54, 1.807) is 12.1 Å². The van der Waals surface area contributed by atoms with Crippen LogP contribution in [0.4, 0.5) is 0 Å². The number of hydrogen-bond acceptors (Lipinski definition) is 6. The van der Waals surface area contributed by atoms with Crippen LogP contribution in [0.3, 0.4) is 0 Å². The summed E-state index contributed by atoms with van der Waals surface area (Å²) in [5, 5.41) is 10.7. The molecule has 8 heteroatoms. The first-order valence-electron chi connectivity index (χ1n) is 13.8. The van der Waals surface area contributed by atoms with Crippen LogP contribution >= 0.6 is 0 Å². The third-order valence-electron chi connectivity index (χ3n) is 8.67. The average Bonchev–Trinajstić information content (AvgIpc) is 2.92. The van der Waals surface area contributed by atoms with Crippen LogP contribution in [0.5, 0.6) is 5.75 Å². The van der Waals surface area contributed by atoms with E-state index in [1.165, 1.54) is 5.56 Å². The molecule has 8 nitrogen and oxygen atoms in total. The molecular formula is C30H37N5O3. The molecule has 38 heavy (non-hydrogen) atoms. The molecule has 2 bridgehead atoms. The zero-order chi connectivity index (χ0) is 26.2. The van der Waals surface area contributed by atoms with Gasteiger partial charge in [0, 0.05) is 102 Å². The summed E-state index contributed by atoms with van der Waals surface area (Å²) in [6, 6.07) is 17.7. The monoisotopic (exact) mass is 515 g/mol. The summed E-state index contributed by atoms with van der Waals surface area (Å²) >= 11 is 0. The van der Waals surface area contributed by atoms with Crippen molar-refractivity contribution in [1.82, 2.24) is 23.8 Å². The van der Waals surface area contributed by atoms with Crippen LogP contribution in [-0.2, 0) is 33.2 Å². The summed E-state index contributed by atoms with van der Waals surface area (Å²) in [6.07, 6.45) is 1.11. The Balaban J connectivity index is 1.13. The minimum absolute atomic E-state index is 0.0946. The van der Waals surface area contributed by atoms with Crippen molar-refractivity contribution in [2.24, 2.45) is 13.0 Å². The molecule has 2 fully saturated rings. The number of nitrogens with zero attached hydrogens (tertiary/aromatic N) is 5. The second kappa shape index (κ2) is 10.5. The Labute approximate surface area is 223 Å². The number of benzene rings is 1. The predicted molar refractivity (Wildman–Crippen MR) is 147 cm³/mol. The molecule has 0 saturated carbocycles. The van der Waals surface area contributed by atoms with Crippen LogP contribution < -0.4 is 11.0 Å². The molecule has 5 heterocycles. The van der Waals surface area contributed by atoms with Crippen molar-refractivity contribution in [2.45, 2.75) is 38.5 Å². The van der Waals surface area contributed by atoms with Gasteiger partial charge in [-0.05, 0) is 24.0 Å². The van der Waals surface area contributed by atoms with Crippen molar-refractivity contribution < 1.29 is 5.11 Å². The van der Waals surface area contributed by atoms with Crippen LogP contribution in [0, 0.1) is 5.92 Å². The average molecular weight is 516 g/mol. The van der Waals surface area contributed by atoms with E-state index in [1.807, 2.05) is 28.3 Å². The molecule has 3 aliphatic heterocycles. The third-order valence-corrected chi connectivity index (χ3v) is 8.67. The van der Waals surface area contributed by atoms with Crippen LogP contribution in [0.15, 0.2) is 64.2 Å². The van der Waals surface area contributed by atoms with E-state index < -0.39 is 0 Å². The first-order valence-corrected chi connectivity index (χ1v) is 13.8. The lowest BCUT2D eigenvalue weighted by Crippen LogP contribution is -2.47. The number of rotatable bonds is 6. The van der Waals surface area contributed by atoms with E-state index in [0.717, 1.165) is 70.2 Å². The molecule has 2 unspecified atom stereocenters. The van der Waals surface area contributed by atoms with Crippen molar-refractivity contribution in [1.29, 1.82) is 0 Å². The molecule has 0 amide bonds. The lowest BCUT2D eigenvalue weighted by molar-refractivity contribution is 0.110. The standard InChI is InChI=1S/C30H37N5O3/c1-31-25(20-34-17-23-14-24(19-34)26-8-5-9-29(37)35(26)18-23)15-28(36)30(38)27(31)21-33-12-10-32(11-13-33)16-22-6-3-2-4-7-22/h2-9,15,23-24,38H,10-14,16-21H2,1H3. The Bertz CT molecular complexity index is 1410. The Morgan fingerprint density at radius 2 is 1.55 bits per heavy atom. The van der Waals surface area contributed by atoms with Crippen molar-refractivity contribution >= 4 is 0 Å². The van der Waals surface area contributed by atoms with E-state index in [0.29, 0.717) is 30.6 Å². The van der Waals surface area contributed by atoms with E-state index in [9.17, 15) is 14.7 Å². The molecule has 2 saturated heterocycles. The maximum Gasteiger partial charge on any atom is 0.250 e. The van der Waals surface area contributed by atoms with Crippen molar-refractivity contribution in [2.75, 3.05) is 39.3 Å². The molecule has 2 aromatic heterocycles. The number of fused-ring (bicyclic) bond motifs is 4. The maximum absolute atomic E-state index is 12.8. The van der Waals surface area contributed by atoms with Crippen LogP contribution in [0.1, 0.15) is 35.0 Å². The number of aromatic hydroxyl groups is 1. The summed E-state index contributed by atoms with van der Waals surface area (Å²) < 4.78 is 3.97. The van der Waals surface area contributed by atoms with Gasteiger partial charge in [0.15, 0.2) is 5.75 Å². The molecule has 2 atom stereocenters.